The fraction of sp³-hybridized carbons (Fsp3) is 0.368. The third-order valence-corrected chi connectivity index (χ3v) is 4.87. The zero-order valence-electron chi connectivity index (χ0n) is 14.9. The zero-order chi connectivity index (χ0) is 17.8. The predicted octanol–water partition coefficient (Wildman–Crippen LogP) is 2.33. The highest BCUT2D eigenvalue weighted by Gasteiger charge is 2.23. The van der Waals surface area contributed by atoms with Crippen LogP contribution < -0.4 is 4.90 Å². The number of benzene rings is 1. The molecule has 1 aliphatic heterocycles. The normalized spacial score (nSPS) is 17.0. The van der Waals surface area contributed by atoms with Crippen LogP contribution in [0.4, 0.5) is 5.95 Å². The highest BCUT2D eigenvalue weighted by molar-refractivity contribution is 5.30. The van der Waals surface area contributed by atoms with Crippen molar-refractivity contribution in [3.63, 3.8) is 0 Å². The lowest BCUT2D eigenvalue weighted by Crippen LogP contribution is -2.33. The van der Waals surface area contributed by atoms with Crippen LogP contribution in [0.5, 0.6) is 0 Å². The van der Waals surface area contributed by atoms with E-state index in [4.69, 9.17) is 0 Å². The Morgan fingerprint density at radius 1 is 0.923 bits per heavy atom. The quantitative estimate of drug-likeness (QED) is 0.720. The molecule has 0 amide bonds. The Labute approximate surface area is 153 Å². The molecule has 26 heavy (non-hydrogen) atoms. The lowest BCUT2D eigenvalue weighted by molar-refractivity contribution is 0.222. The third-order valence-electron chi connectivity index (χ3n) is 4.87. The van der Waals surface area contributed by atoms with Gasteiger partial charge in [-0.3, -0.25) is 4.90 Å². The van der Waals surface area contributed by atoms with Gasteiger partial charge in [0.2, 0.25) is 5.95 Å². The van der Waals surface area contributed by atoms with Crippen LogP contribution in [0.2, 0.25) is 0 Å². The summed E-state index contributed by atoms with van der Waals surface area (Å²) in [5.41, 5.74) is 2.03. The molecule has 1 aromatic carbocycles. The van der Waals surface area contributed by atoms with E-state index >= 15 is 0 Å². The predicted molar refractivity (Wildman–Crippen MR) is 100 cm³/mol. The van der Waals surface area contributed by atoms with Crippen molar-refractivity contribution in [3.05, 3.63) is 60.7 Å². The second-order valence-electron chi connectivity index (χ2n) is 6.52. The number of para-hydroxylation sites is 1. The summed E-state index contributed by atoms with van der Waals surface area (Å²) < 4.78 is 1.84. The van der Waals surface area contributed by atoms with Gasteiger partial charge in [0.05, 0.1) is 23.6 Å². The van der Waals surface area contributed by atoms with Crippen molar-refractivity contribution in [2.75, 3.05) is 31.1 Å². The molecule has 0 saturated carbocycles. The molecule has 0 bridgehead atoms. The van der Waals surface area contributed by atoms with E-state index in [9.17, 15) is 0 Å². The van der Waals surface area contributed by atoms with E-state index < -0.39 is 0 Å². The first-order chi connectivity index (χ1) is 12.8. The smallest absolute Gasteiger partial charge is 0.225 e. The Bertz CT molecular complexity index is 818. The molecule has 0 radical (unpaired) electrons. The van der Waals surface area contributed by atoms with Crippen LogP contribution in [0.3, 0.4) is 0 Å². The summed E-state index contributed by atoms with van der Waals surface area (Å²) in [6, 6.07) is 12.2. The Hall–Kier alpha value is -2.80. The van der Waals surface area contributed by atoms with Gasteiger partial charge in [-0.15, -0.1) is 5.10 Å². The molecule has 4 rings (SSSR count). The van der Waals surface area contributed by atoms with E-state index in [1.54, 1.807) is 12.4 Å². The molecule has 1 saturated heterocycles. The van der Waals surface area contributed by atoms with Crippen molar-refractivity contribution in [2.24, 2.45) is 0 Å². The van der Waals surface area contributed by atoms with Gasteiger partial charge in [-0.1, -0.05) is 23.4 Å². The molecule has 7 heteroatoms. The van der Waals surface area contributed by atoms with Gasteiger partial charge in [0.1, 0.15) is 0 Å². The standard InChI is InChI=1S/C19H23N7/c1-16(18-15-26(23-22-18)17-7-3-2-4-8-17)24-11-6-12-25(14-13-24)19-20-9-5-10-21-19/h2-5,7-10,15-16H,6,11-14H2,1H3/t16-/m1/s1. The molecule has 1 aliphatic rings. The molecule has 0 unspecified atom stereocenters. The van der Waals surface area contributed by atoms with E-state index in [-0.39, 0.29) is 6.04 Å². The number of anilines is 1. The Balaban J connectivity index is 1.44. The van der Waals surface area contributed by atoms with Crippen molar-refractivity contribution in [1.29, 1.82) is 0 Å². The van der Waals surface area contributed by atoms with Crippen LogP contribution in [0, 0.1) is 0 Å². The largest absolute Gasteiger partial charge is 0.339 e. The summed E-state index contributed by atoms with van der Waals surface area (Å²) in [5, 5.41) is 8.71. The summed E-state index contributed by atoms with van der Waals surface area (Å²) in [5.74, 6) is 0.817. The maximum absolute atomic E-state index is 4.41. The summed E-state index contributed by atoms with van der Waals surface area (Å²) in [4.78, 5) is 13.5. The van der Waals surface area contributed by atoms with Gasteiger partial charge in [0.15, 0.2) is 0 Å². The summed E-state index contributed by atoms with van der Waals surface area (Å²) >= 11 is 0. The topological polar surface area (TPSA) is 63.0 Å². The van der Waals surface area contributed by atoms with E-state index in [2.05, 4.69) is 37.0 Å². The first-order valence-corrected chi connectivity index (χ1v) is 9.05. The van der Waals surface area contributed by atoms with Gasteiger partial charge in [0, 0.05) is 38.6 Å². The summed E-state index contributed by atoms with van der Waals surface area (Å²) in [7, 11) is 0. The third kappa shape index (κ3) is 3.57. The molecule has 0 spiro atoms. The van der Waals surface area contributed by atoms with Crippen LogP contribution in [-0.4, -0.2) is 56.0 Å². The molecule has 2 aromatic heterocycles. The molecule has 7 nitrogen and oxygen atoms in total. The van der Waals surface area contributed by atoms with Gasteiger partial charge >= 0.3 is 0 Å². The van der Waals surface area contributed by atoms with Crippen molar-refractivity contribution in [2.45, 2.75) is 19.4 Å². The van der Waals surface area contributed by atoms with Crippen molar-refractivity contribution in [3.8, 4) is 5.69 Å². The molecule has 3 heterocycles. The molecular weight excluding hydrogens is 326 g/mol. The maximum Gasteiger partial charge on any atom is 0.225 e. The molecule has 0 aliphatic carbocycles. The maximum atomic E-state index is 4.41. The minimum Gasteiger partial charge on any atom is -0.339 e. The second kappa shape index (κ2) is 7.61. The van der Waals surface area contributed by atoms with Crippen LogP contribution >= 0.6 is 0 Å². The monoisotopic (exact) mass is 349 g/mol. The van der Waals surface area contributed by atoms with Crippen molar-refractivity contribution in [1.82, 2.24) is 29.9 Å². The Kier molecular flexibility index (Phi) is 4.88. The molecule has 1 fully saturated rings. The first kappa shape index (κ1) is 16.7. The minimum absolute atomic E-state index is 0.226. The van der Waals surface area contributed by atoms with Gasteiger partial charge in [-0.05, 0) is 31.5 Å². The van der Waals surface area contributed by atoms with Gasteiger partial charge in [-0.25, -0.2) is 14.6 Å². The Morgan fingerprint density at radius 2 is 1.73 bits per heavy atom. The summed E-state index contributed by atoms with van der Waals surface area (Å²) in [6.45, 7) is 6.08. The van der Waals surface area contributed by atoms with Crippen LogP contribution in [0.1, 0.15) is 25.1 Å². The van der Waals surface area contributed by atoms with Crippen molar-refractivity contribution >= 4 is 5.95 Å². The zero-order valence-corrected chi connectivity index (χ0v) is 14.9. The number of nitrogens with zero attached hydrogens (tertiary/aromatic N) is 7. The van der Waals surface area contributed by atoms with Crippen LogP contribution in [0.15, 0.2) is 55.0 Å². The van der Waals surface area contributed by atoms with Crippen molar-refractivity contribution < 1.29 is 0 Å². The average molecular weight is 349 g/mol. The van der Waals surface area contributed by atoms with E-state index in [0.29, 0.717) is 0 Å². The fourth-order valence-electron chi connectivity index (χ4n) is 3.34. The highest BCUT2D eigenvalue weighted by atomic mass is 15.4. The van der Waals surface area contributed by atoms with Crippen LogP contribution in [-0.2, 0) is 0 Å². The van der Waals surface area contributed by atoms with Gasteiger partial charge in [-0.2, -0.15) is 0 Å². The van der Waals surface area contributed by atoms with E-state index in [1.807, 2.05) is 47.3 Å². The number of hydrogen-bond acceptors (Lipinski definition) is 6. The number of hydrogen-bond donors (Lipinski definition) is 0. The average Bonchev–Trinajstić information content (AvgIpc) is 3.07. The van der Waals surface area contributed by atoms with Gasteiger partial charge in [0.25, 0.3) is 0 Å². The lowest BCUT2D eigenvalue weighted by Gasteiger charge is -2.26. The molecular formula is C19H23N7. The second-order valence-corrected chi connectivity index (χ2v) is 6.52. The minimum atomic E-state index is 0.226. The molecule has 3 aromatic rings. The SMILES string of the molecule is C[C@H](c1cn(-c2ccccc2)nn1)N1CCCN(c2ncccn2)CC1. The first-order valence-electron chi connectivity index (χ1n) is 9.05. The molecule has 134 valence electrons. The van der Waals surface area contributed by atoms with E-state index in [1.165, 1.54) is 0 Å². The van der Waals surface area contributed by atoms with Gasteiger partial charge < -0.3 is 4.90 Å². The van der Waals surface area contributed by atoms with E-state index in [0.717, 1.165) is 49.9 Å². The highest BCUT2D eigenvalue weighted by Crippen LogP contribution is 2.21. The number of rotatable bonds is 4. The molecule has 1 atom stereocenters. The molecule has 0 N–H and O–H groups in total. The van der Waals surface area contributed by atoms with Crippen LogP contribution in [0.25, 0.3) is 5.69 Å². The summed E-state index contributed by atoms with van der Waals surface area (Å²) in [6.07, 6.45) is 6.71. The lowest BCUT2D eigenvalue weighted by atomic mass is 10.2. The Morgan fingerprint density at radius 3 is 2.54 bits per heavy atom. The fourth-order valence-corrected chi connectivity index (χ4v) is 3.34. The number of aromatic nitrogens is 5.